The third-order valence-corrected chi connectivity index (χ3v) is 5.71. The minimum Gasteiger partial charge on any atom is -0.488 e. The molecule has 0 amide bonds. The predicted octanol–water partition coefficient (Wildman–Crippen LogP) is 1.08. The van der Waals surface area contributed by atoms with E-state index in [1.54, 1.807) is 0 Å². The number of carbonyl (C=O) groups is 1. The van der Waals surface area contributed by atoms with Crippen LogP contribution in [-0.2, 0) is 9.53 Å². The van der Waals surface area contributed by atoms with E-state index in [0.717, 1.165) is 18.4 Å². The molecule has 1 aliphatic heterocycles. The average molecular weight is 308 g/mol. The van der Waals surface area contributed by atoms with Crippen LogP contribution in [0.15, 0.2) is 23.5 Å². The Hall–Kier alpha value is -1.17. The van der Waals surface area contributed by atoms with Crippen molar-refractivity contribution in [2.75, 3.05) is 6.61 Å². The molecule has 122 valence electrons. The van der Waals surface area contributed by atoms with Gasteiger partial charge in [0.2, 0.25) is 0 Å². The molecule has 0 aromatic rings. The number of allylic oxidation sites excluding steroid dienone is 1. The van der Waals surface area contributed by atoms with Gasteiger partial charge in [-0.3, -0.25) is 4.79 Å². The van der Waals surface area contributed by atoms with Crippen LogP contribution in [0, 0.1) is 11.8 Å². The first-order valence-electron chi connectivity index (χ1n) is 7.85. The molecule has 0 aromatic carbocycles. The van der Waals surface area contributed by atoms with Crippen molar-refractivity contribution in [2.24, 2.45) is 11.8 Å². The Kier molecular flexibility index (Phi) is 3.51. The van der Waals surface area contributed by atoms with Crippen molar-refractivity contribution in [2.45, 2.75) is 56.8 Å². The quantitative estimate of drug-likeness (QED) is 0.665. The van der Waals surface area contributed by atoms with E-state index in [0.29, 0.717) is 17.8 Å². The molecule has 3 N–H and O–H groups in total. The highest BCUT2D eigenvalue weighted by Crippen LogP contribution is 2.54. The minimum atomic E-state index is -1.90. The number of carbonyl (C=O) groups excluding carboxylic acids is 1. The summed E-state index contributed by atoms with van der Waals surface area (Å²) < 4.78 is 6.08. The van der Waals surface area contributed by atoms with Crippen molar-refractivity contribution in [3.05, 3.63) is 23.5 Å². The fraction of sp³-hybridized carbons (Fsp3) is 0.706. The fourth-order valence-corrected chi connectivity index (χ4v) is 4.36. The second-order valence-corrected chi connectivity index (χ2v) is 7.30. The van der Waals surface area contributed by atoms with Crippen molar-refractivity contribution >= 4 is 5.78 Å². The van der Waals surface area contributed by atoms with Crippen LogP contribution in [0.5, 0.6) is 0 Å². The molecule has 5 heteroatoms. The molecule has 5 atom stereocenters. The molecule has 0 bridgehead atoms. The van der Waals surface area contributed by atoms with Crippen LogP contribution in [0.2, 0.25) is 0 Å². The smallest absolute Gasteiger partial charge is 0.196 e. The molecular weight excluding hydrogens is 284 g/mol. The van der Waals surface area contributed by atoms with Crippen LogP contribution in [-0.4, -0.2) is 45.0 Å². The number of Topliss-reactive ketones (excluding diaryl/α,β-unsaturated/α-hetero) is 1. The number of hydrogen-bond donors (Lipinski definition) is 3. The summed E-state index contributed by atoms with van der Waals surface area (Å²) in [5.74, 6) is 0.169. The van der Waals surface area contributed by atoms with E-state index < -0.39 is 29.7 Å². The van der Waals surface area contributed by atoms with Crippen molar-refractivity contribution in [3.63, 3.8) is 0 Å². The van der Waals surface area contributed by atoms with Gasteiger partial charge in [-0.05, 0) is 39.0 Å². The van der Waals surface area contributed by atoms with E-state index in [2.05, 4.69) is 6.58 Å². The molecule has 3 rings (SSSR count). The van der Waals surface area contributed by atoms with E-state index in [4.69, 9.17) is 4.74 Å². The molecule has 1 fully saturated rings. The molecule has 2 aliphatic carbocycles. The first-order chi connectivity index (χ1) is 10.2. The molecule has 1 saturated carbocycles. The predicted molar refractivity (Wildman–Crippen MR) is 79.8 cm³/mol. The molecule has 0 spiro atoms. The summed E-state index contributed by atoms with van der Waals surface area (Å²) in [4.78, 5) is 12.5. The Morgan fingerprint density at radius 3 is 2.77 bits per heavy atom. The monoisotopic (exact) mass is 308 g/mol. The summed E-state index contributed by atoms with van der Waals surface area (Å²) in [7, 11) is 0. The summed E-state index contributed by atoms with van der Waals surface area (Å²) in [5.41, 5.74) is -0.890. The lowest BCUT2D eigenvalue weighted by molar-refractivity contribution is -0.151. The van der Waals surface area contributed by atoms with E-state index in [9.17, 15) is 20.1 Å². The van der Waals surface area contributed by atoms with Crippen LogP contribution < -0.4 is 0 Å². The van der Waals surface area contributed by atoms with E-state index in [-0.39, 0.29) is 18.3 Å². The molecule has 0 radical (unpaired) electrons. The normalized spacial score (nSPS) is 44.4. The molecule has 0 aromatic heterocycles. The lowest BCUT2D eigenvalue weighted by atomic mass is 9.71. The molecular formula is C17H24O5. The van der Waals surface area contributed by atoms with Crippen LogP contribution in [0.1, 0.15) is 39.5 Å². The van der Waals surface area contributed by atoms with Gasteiger partial charge in [0.15, 0.2) is 11.4 Å². The van der Waals surface area contributed by atoms with Crippen molar-refractivity contribution in [3.8, 4) is 0 Å². The van der Waals surface area contributed by atoms with Crippen LogP contribution in [0.25, 0.3) is 0 Å². The lowest BCUT2D eigenvalue weighted by Gasteiger charge is -2.46. The fourth-order valence-electron chi connectivity index (χ4n) is 4.36. The van der Waals surface area contributed by atoms with Gasteiger partial charge in [0.05, 0.1) is 6.61 Å². The second kappa shape index (κ2) is 4.91. The summed E-state index contributed by atoms with van der Waals surface area (Å²) in [5, 5.41) is 29.9. The van der Waals surface area contributed by atoms with Gasteiger partial charge in [0.25, 0.3) is 0 Å². The van der Waals surface area contributed by atoms with E-state index in [1.807, 2.05) is 13.8 Å². The first-order valence-corrected chi connectivity index (χ1v) is 7.85. The van der Waals surface area contributed by atoms with Crippen LogP contribution in [0.3, 0.4) is 0 Å². The second-order valence-electron chi connectivity index (χ2n) is 7.30. The third-order valence-electron chi connectivity index (χ3n) is 5.71. The zero-order chi connectivity index (χ0) is 16.3. The maximum Gasteiger partial charge on any atom is 0.196 e. The molecule has 0 saturated heterocycles. The number of aliphatic hydroxyl groups is 3. The summed E-state index contributed by atoms with van der Waals surface area (Å²) in [6.45, 7) is 7.37. The molecule has 0 unspecified atom stereocenters. The van der Waals surface area contributed by atoms with Crippen molar-refractivity contribution in [1.29, 1.82) is 0 Å². The standard InChI is InChI=1S/C17H24O5/c1-9(2)10-4-5-16(3)12(10)6-11-14(22-16)13(19)7-17(21,8-18)15(11)20/h10,12-13,18-19,21H,1,4-8H2,2-3H3/t10-,12-,13-,16+,17+/m0/s1. The third kappa shape index (κ3) is 2.07. The Morgan fingerprint density at radius 2 is 2.18 bits per heavy atom. The maximum atomic E-state index is 12.5. The number of aliphatic hydroxyl groups excluding tert-OH is 2. The Bertz CT molecular complexity index is 565. The number of ether oxygens (including phenoxy) is 1. The highest BCUT2D eigenvalue weighted by molar-refractivity contribution is 6.03. The zero-order valence-electron chi connectivity index (χ0n) is 13.1. The Balaban J connectivity index is 2.01. The van der Waals surface area contributed by atoms with Crippen LogP contribution >= 0.6 is 0 Å². The van der Waals surface area contributed by atoms with Crippen molar-refractivity contribution in [1.82, 2.24) is 0 Å². The van der Waals surface area contributed by atoms with Gasteiger partial charge in [-0.1, -0.05) is 12.2 Å². The summed E-state index contributed by atoms with van der Waals surface area (Å²) in [6.07, 6.45) is 1.00. The zero-order valence-corrected chi connectivity index (χ0v) is 13.1. The maximum absolute atomic E-state index is 12.5. The number of hydrogen-bond acceptors (Lipinski definition) is 5. The Morgan fingerprint density at radius 1 is 1.50 bits per heavy atom. The van der Waals surface area contributed by atoms with E-state index in [1.165, 1.54) is 0 Å². The number of ketones is 1. The van der Waals surface area contributed by atoms with Gasteiger partial charge in [0, 0.05) is 17.9 Å². The molecule has 3 aliphatic rings. The number of rotatable bonds is 2. The van der Waals surface area contributed by atoms with E-state index >= 15 is 0 Å². The van der Waals surface area contributed by atoms with Gasteiger partial charge in [-0.15, -0.1) is 0 Å². The highest BCUT2D eigenvalue weighted by Gasteiger charge is 2.56. The summed E-state index contributed by atoms with van der Waals surface area (Å²) >= 11 is 0. The number of fused-ring (bicyclic) bond motifs is 1. The van der Waals surface area contributed by atoms with Crippen molar-refractivity contribution < 1.29 is 24.9 Å². The Labute approximate surface area is 130 Å². The topological polar surface area (TPSA) is 87.0 Å². The molecule has 1 heterocycles. The lowest BCUT2D eigenvalue weighted by Crippen LogP contribution is -2.54. The van der Waals surface area contributed by atoms with Gasteiger partial charge in [0.1, 0.15) is 17.5 Å². The highest BCUT2D eigenvalue weighted by atomic mass is 16.5. The average Bonchev–Trinajstić information content (AvgIpc) is 2.80. The van der Waals surface area contributed by atoms with Gasteiger partial charge >= 0.3 is 0 Å². The van der Waals surface area contributed by atoms with Crippen LogP contribution in [0.4, 0.5) is 0 Å². The minimum absolute atomic E-state index is 0.112. The summed E-state index contributed by atoms with van der Waals surface area (Å²) in [6, 6.07) is 0. The van der Waals surface area contributed by atoms with Gasteiger partial charge < -0.3 is 20.1 Å². The molecule has 5 nitrogen and oxygen atoms in total. The first kappa shape index (κ1) is 15.7. The largest absolute Gasteiger partial charge is 0.488 e. The van der Waals surface area contributed by atoms with Gasteiger partial charge in [-0.25, -0.2) is 0 Å². The molecule has 22 heavy (non-hydrogen) atoms. The van der Waals surface area contributed by atoms with Gasteiger partial charge in [-0.2, -0.15) is 0 Å². The SMILES string of the molecule is C=C(C)[C@@H]1CC[C@@]2(C)OC3=C(C[C@@H]12)C(=O)[C@](O)(CO)C[C@@H]3O.